The highest BCUT2D eigenvalue weighted by molar-refractivity contribution is 7.11. The Hall–Kier alpha value is -1.77. The molecule has 1 atom stereocenters. The summed E-state index contributed by atoms with van der Waals surface area (Å²) in [7, 11) is 0. The highest BCUT2D eigenvalue weighted by Gasteiger charge is 2.43. The topological polar surface area (TPSA) is 64.4 Å². The van der Waals surface area contributed by atoms with E-state index in [0.29, 0.717) is 5.76 Å². The molecule has 5 heteroatoms. The first-order chi connectivity index (χ1) is 7.65. The summed E-state index contributed by atoms with van der Waals surface area (Å²) in [5, 5.41) is 4.40. The number of terminal acetylenes is 1. The third kappa shape index (κ3) is 1.81. The zero-order valence-electron chi connectivity index (χ0n) is 8.40. The van der Waals surface area contributed by atoms with Crippen molar-refractivity contribution in [3.05, 3.63) is 28.5 Å². The molecular formula is C11H10N2O2S. The Morgan fingerprint density at radius 3 is 3.06 bits per heavy atom. The lowest BCUT2D eigenvalue weighted by Gasteiger charge is -2.34. The van der Waals surface area contributed by atoms with Gasteiger partial charge in [-0.15, -0.1) is 17.8 Å². The second-order valence-corrected chi connectivity index (χ2v) is 4.22. The molecule has 16 heavy (non-hydrogen) atoms. The van der Waals surface area contributed by atoms with Crippen molar-refractivity contribution in [2.75, 3.05) is 6.54 Å². The van der Waals surface area contributed by atoms with Gasteiger partial charge in [-0.25, -0.2) is 0 Å². The van der Waals surface area contributed by atoms with E-state index in [2.05, 4.69) is 11.2 Å². The van der Waals surface area contributed by atoms with Gasteiger partial charge in [-0.05, 0) is 11.4 Å². The standard InChI is InChI=1S/C11H10N2O2S/c1-2-5-13-10(14)11(12)7-8(15-11)9-4-3-6-16-9/h1,3-4,6-7H,5,12H2,(H,13,14). The second kappa shape index (κ2) is 4.00. The van der Waals surface area contributed by atoms with Gasteiger partial charge in [0.1, 0.15) is 5.76 Å². The average Bonchev–Trinajstić information content (AvgIpc) is 2.74. The number of carbonyl (C=O) groups excluding carboxylic acids is 1. The van der Waals surface area contributed by atoms with E-state index in [1.807, 2.05) is 17.5 Å². The first-order valence-corrected chi connectivity index (χ1v) is 5.50. The van der Waals surface area contributed by atoms with Crippen LogP contribution >= 0.6 is 11.3 Å². The maximum atomic E-state index is 11.5. The van der Waals surface area contributed by atoms with Gasteiger partial charge in [-0.1, -0.05) is 12.0 Å². The quantitative estimate of drug-likeness (QED) is 0.750. The molecule has 0 saturated carbocycles. The zero-order valence-corrected chi connectivity index (χ0v) is 9.21. The average molecular weight is 234 g/mol. The maximum Gasteiger partial charge on any atom is 0.284 e. The molecule has 1 amide bonds. The number of carbonyl (C=O) groups is 1. The Kier molecular flexibility index (Phi) is 2.69. The molecule has 0 radical (unpaired) electrons. The Morgan fingerprint density at radius 1 is 1.75 bits per heavy atom. The van der Waals surface area contributed by atoms with Crippen molar-refractivity contribution < 1.29 is 9.53 Å². The number of hydrogen-bond donors (Lipinski definition) is 2. The molecular weight excluding hydrogens is 224 g/mol. The lowest BCUT2D eigenvalue weighted by Crippen LogP contribution is -2.58. The number of ether oxygens (including phenoxy) is 1. The molecule has 2 heterocycles. The van der Waals surface area contributed by atoms with E-state index in [9.17, 15) is 4.79 Å². The van der Waals surface area contributed by atoms with Crippen molar-refractivity contribution in [2.24, 2.45) is 5.73 Å². The van der Waals surface area contributed by atoms with Crippen molar-refractivity contribution in [2.45, 2.75) is 5.72 Å². The summed E-state index contributed by atoms with van der Waals surface area (Å²) in [6.07, 6.45) is 6.61. The van der Waals surface area contributed by atoms with Gasteiger partial charge in [0, 0.05) is 6.08 Å². The summed E-state index contributed by atoms with van der Waals surface area (Å²) in [6.45, 7) is 0.142. The summed E-state index contributed by atoms with van der Waals surface area (Å²) in [4.78, 5) is 12.5. The van der Waals surface area contributed by atoms with Gasteiger partial charge >= 0.3 is 0 Å². The van der Waals surface area contributed by atoms with E-state index in [0.717, 1.165) is 4.88 Å². The highest BCUT2D eigenvalue weighted by Crippen LogP contribution is 2.34. The molecule has 0 aromatic carbocycles. The van der Waals surface area contributed by atoms with Crippen LogP contribution < -0.4 is 11.1 Å². The van der Waals surface area contributed by atoms with E-state index in [-0.39, 0.29) is 6.54 Å². The normalized spacial score (nSPS) is 22.4. The fraction of sp³-hybridized carbons (Fsp3) is 0.182. The van der Waals surface area contributed by atoms with Crippen molar-refractivity contribution in [1.29, 1.82) is 0 Å². The molecule has 1 aliphatic heterocycles. The van der Waals surface area contributed by atoms with Crippen LogP contribution in [0.4, 0.5) is 0 Å². The van der Waals surface area contributed by atoms with Gasteiger partial charge in [0.2, 0.25) is 0 Å². The molecule has 1 aromatic heterocycles. The van der Waals surface area contributed by atoms with Crippen LogP contribution in [0.3, 0.4) is 0 Å². The molecule has 0 bridgehead atoms. The van der Waals surface area contributed by atoms with Crippen molar-refractivity contribution in [3.63, 3.8) is 0 Å². The maximum absolute atomic E-state index is 11.5. The van der Waals surface area contributed by atoms with Crippen molar-refractivity contribution in [3.8, 4) is 12.3 Å². The molecule has 0 saturated heterocycles. The minimum absolute atomic E-state index is 0.142. The van der Waals surface area contributed by atoms with E-state index >= 15 is 0 Å². The van der Waals surface area contributed by atoms with Gasteiger partial charge in [0.25, 0.3) is 11.6 Å². The molecule has 82 valence electrons. The minimum atomic E-state index is -1.38. The fourth-order valence-electron chi connectivity index (χ4n) is 1.30. The Bertz CT molecular complexity index is 473. The van der Waals surface area contributed by atoms with E-state index in [1.54, 1.807) is 6.08 Å². The number of nitrogens with two attached hydrogens (primary N) is 1. The summed E-state index contributed by atoms with van der Waals surface area (Å²) >= 11 is 1.52. The van der Waals surface area contributed by atoms with Crippen LogP contribution in [0, 0.1) is 12.3 Å². The molecule has 0 aliphatic carbocycles. The SMILES string of the molecule is C#CCNC(=O)C1(N)C=C(c2cccs2)O1. The van der Waals surface area contributed by atoms with Crippen LogP contribution in [0.25, 0.3) is 5.76 Å². The monoisotopic (exact) mass is 234 g/mol. The Labute approximate surface area is 97.1 Å². The van der Waals surface area contributed by atoms with Crippen LogP contribution in [0.15, 0.2) is 23.6 Å². The van der Waals surface area contributed by atoms with Gasteiger partial charge in [-0.3, -0.25) is 10.5 Å². The second-order valence-electron chi connectivity index (χ2n) is 3.27. The third-order valence-electron chi connectivity index (χ3n) is 2.09. The van der Waals surface area contributed by atoms with E-state index in [4.69, 9.17) is 16.9 Å². The molecule has 1 aromatic rings. The minimum Gasteiger partial charge on any atom is -0.458 e. The van der Waals surface area contributed by atoms with Crippen molar-refractivity contribution >= 4 is 23.0 Å². The summed E-state index contributed by atoms with van der Waals surface area (Å²) in [6, 6.07) is 3.80. The van der Waals surface area contributed by atoms with Crippen LogP contribution in [-0.4, -0.2) is 18.2 Å². The van der Waals surface area contributed by atoms with E-state index < -0.39 is 11.6 Å². The summed E-state index contributed by atoms with van der Waals surface area (Å²) in [5.41, 5.74) is 4.33. The van der Waals surface area contributed by atoms with Crippen LogP contribution in [0.1, 0.15) is 4.88 Å². The molecule has 2 rings (SSSR count). The zero-order chi connectivity index (χ0) is 11.6. The van der Waals surface area contributed by atoms with Gasteiger partial charge in [0.15, 0.2) is 0 Å². The first kappa shape index (κ1) is 10.7. The van der Waals surface area contributed by atoms with E-state index in [1.165, 1.54) is 11.3 Å². The fourth-order valence-corrected chi connectivity index (χ4v) is 1.98. The van der Waals surface area contributed by atoms with Crippen LogP contribution in [0.5, 0.6) is 0 Å². The number of nitrogens with one attached hydrogen (secondary N) is 1. The van der Waals surface area contributed by atoms with Gasteiger partial charge in [0.05, 0.1) is 11.4 Å². The predicted molar refractivity (Wildman–Crippen MR) is 62.1 cm³/mol. The molecule has 3 N–H and O–H groups in total. The van der Waals surface area contributed by atoms with Crippen LogP contribution in [-0.2, 0) is 9.53 Å². The molecule has 0 spiro atoms. The lowest BCUT2D eigenvalue weighted by atomic mass is 10.1. The molecule has 4 nitrogen and oxygen atoms in total. The Balaban J connectivity index is 2.05. The lowest BCUT2D eigenvalue weighted by molar-refractivity contribution is -0.136. The number of thiophene rings is 1. The first-order valence-electron chi connectivity index (χ1n) is 4.62. The third-order valence-corrected chi connectivity index (χ3v) is 2.98. The molecule has 1 unspecified atom stereocenters. The largest absolute Gasteiger partial charge is 0.458 e. The van der Waals surface area contributed by atoms with Gasteiger partial charge in [-0.2, -0.15) is 0 Å². The van der Waals surface area contributed by atoms with Crippen molar-refractivity contribution in [1.82, 2.24) is 5.32 Å². The smallest absolute Gasteiger partial charge is 0.284 e. The summed E-state index contributed by atoms with van der Waals surface area (Å²) < 4.78 is 5.30. The number of amides is 1. The summed E-state index contributed by atoms with van der Waals surface area (Å²) in [5.74, 6) is 2.50. The highest BCUT2D eigenvalue weighted by atomic mass is 32.1. The predicted octanol–water partition coefficient (Wildman–Crippen LogP) is 0.524. The molecule has 0 fully saturated rings. The van der Waals surface area contributed by atoms with Gasteiger partial charge < -0.3 is 10.1 Å². The van der Waals surface area contributed by atoms with Crippen LogP contribution in [0.2, 0.25) is 0 Å². The number of hydrogen-bond acceptors (Lipinski definition) is 4. The number of rotatable bonds is 3. The Morgan fingerprint density at radius 2 is 2.50 bits per heavy atom. The molecule has 1 aliphatic rings.